The Morgan fingerprint density at radius 1 is 1.41 bits per heavy atom. The van der Waals surface area contributed by atoms with Gasteiger partial charge in [0, 0.05) is 23.8 Å². The zero-order valence-corrected chi connectivity index (χ0v) is 8.48. The first-order valence-corrected chi connectivity index (χ1v) is 3.91. The highest BCUT2D eigenvalue weighted by molar-refractivity contribution is 6.33. The van der Waals surface area contributed by atoms with E-state index in [2.05, 4.69) is 4.98 Å². The molecule has 92 valence electrons. The molecule has 1 aromatic rings. The maximum Gasteiger partial charge on any atom is 0.762 e. The zero-order chi connectivity index (χ0) is 12.7. The first-order chi connectivity index (χ1) is 7.38. The molecule has 0 saturated heterocycles. The Hall–Kier alpha value is -2.18. The molecule has 0 fully saturated rings. The number of hydrogen-bond donors (Lipinski definition) is 0. The molecule has 0 atom stereocenters. The van der Waals surface area contributed by atoms with Crippen LogP contribution in [0.15, 0.2) is 18.2 Å². The van der Waals surface area contributed by atoms with Crippen molar-refractivity contribution in [1.29, 1.82) is 5.39 Å². The monoisotopic (exact) mass is 251 g/mol. The minimum Gasteiger partial charge on any atom is -1.00 e. The molecule has 5 nitrogen and oxygen atoms in total. The fourth-order valence-corrected chi connectivity index (χ4v) is 0.907. The number of benzene rings is 1. The molecule has 17 heavy (non-hydrogen) atoms. The Morgan fingerprint density at radius 2 is 1.88 bits per heavy atom. The number of nitro benzene ring substituents is 1. The van der Waals surface area contributed by atoms with Crippen LogP contribution in [0.3, 0.4) is 0 Å². The highest BCUT2D eigenvalue weighted by atomic mass is 19.4. The summed E-state index contributed by atoms with van der Waals surface area (Å²) < 4.78 is 29.0. The molecule has 0 aliphatic heterocycles. The summed E-state index contributed by atoms with van der Waals surface area (Å²) in [7, 11) is -3.67. The Morgan fingerprint density at radius 3 is 2.18 bits per heavy atom. The normalized spacial score (nSPS) is 7.94. The van der Waals surface area contributed by atoms with Gasteiger partial charge in [0.25, 0.3) is 5.69 Å². The Kier molecular flexibility index (Phi) is 8.14. The van der Waals surface area contributed by atoms with Gasteiger partial charge in [-0.1, -0.05) is 0 Å². The van der Waals surface area contributed by atoms with Crippen LogP contribution in [0.25, 0.3) is 4.98 Å². The SMILES string of the molecule is Cc1cc([N+]#N)ccc1[N+](=O)[O-].FB(F)F.[F-]. The van der Waals surface area contributed by atoms with Crippen LogP contribution in [0, 0.1) is 22.4 Å². The summed E-state index contributed by atoms with van der Waals surface area (Å²) in [5.41, 5.74) is 0.829. The highest BCUT2D eigenvalue weighted by Crippen LogP contribution is 2.22. The third kappa shape index (κ3) is 6.83. The molecule has 1 aromatic carbocycles. The number of hydrogen-bond acceptors (Lipinski definition) is 3. The van der Waals surface area contributed by atoms with E-state index in [-0.39, 0.29) is 10.4 Å². The molecule has 0 heterocycles. The quantitative estimate of drug-likeness (QED) is 0.236. The predicted molar refractivity (Wildman–Crippen MR) is 51.7 cm³/mol. The van der Waals surface area contributed by atoms with Gasteiger partial charge in [-0.3, -0.25) is 23.1 Å². The van der Waals surface area contributed by atoms with E-state index in [1.807, 2.05) is 0 Å². The van der Waals surface area contributed by atoms with Gasteiger partial charge in [-0.25, -0.2) is 0 Å². The molecular weight excluding hydrogens is 245 g/mol. The first-order valence-electron chi connectivity index (χ1n) is 3.91. The summed E-state index contributed by atoms with van der Waals surface area (Å²) in [5, 5.41) is 18.7. The van der Waals surface area contributed by atoms with Gasteiger partial charge in [-0.15, -0.1) is 0 Å². The second-order valence-corrected chi connectivity index (χ2v) is 2.58. The summed E-state index contributed by atoms with van der Waals surface area (Å²) in [5.74, 6) is 0. The minimum atomic E-state index is -3.67. The van der Waals surface area contributed by atoms with Crippen LogP contribution < -0.4 is 4.70 Å². The van der Waals surface area contributed by atoms with Crippen LogP contribution in [0.1, 0.15) is 5.56 Å². The van der Waals surface area contributed by atoms with E-state index >= 15 is 0 Å². The van der Waals surface area contributed by atoms with Gasteiger partial charge < -0.3 is 4.70 Å². The van der Waals surface area contributed by atoms with Crippen LogP contribution in [0.4, 0.5) is 24.3 Å². The van der Waals surface area contributed by atoms with Gasteiger partial charge in [0.05, 0.1) is 4.92 Å². The number of rotatable bonds is 1. The molecule has 0 bridgehead atoms. The maximum atomic E-state index is 10.3. The Labute approximate surface area is 93.6 Å². The van der Waals surface area contributed by atoms with E-state index in [0.29, 0.717) is 11.3 Å². The molecule has 0 aromatic heterocycles. The molecule has 0 saturated carbocycles. The average molecular weight is 251 g/mol. The lowest BCUT2D eigenvalue weighted by Gasteiger charge is -1.91. The van der Waals surface area contributed by atoms with E-state index in [9.17, 15) is 23.1 Å². The van der Waals surface area contributed by atoms with E-state index in [1.54, 1.807) is 6.92 Å². The first kappa shape index (κ1) is 17.2. The smallest absolute Gasteiger partial charge is 0.762 e. The molecule has 0 radical (unpaired) electrons. The van der Waals surface area contributed by atoms with Gasteiger partial charge in [0.1, 0.15) is 0 Å². The lowest BCUT2D eigenvalue weighted by Crippen LogP contribution is -3.00. The zero-order valence-electron chi connectivity index (χ0n) is 8.48. The predicted octanol–water partition coefficient (Wildman–Crippen LogP) is 0.272. The van der Waals surface area contributed by atoms with Crippen molar-refractivity contribution < 1.29 is 22.6 Å². The Bertz CT molecular complexity index is 421. The van der Waals surface area contributed by atoms with Gasteiger partial charge in [0.2, 0.25) is 5.39 Å². The topological polar surface area (TPSA) is 71.3 Å². The van der Waals surface area contributed by atoms with Crippen LogP contribution in [-0.2, 0) is 0 Å². The van der Waals surface area contributed by atoms with Crippen molar-refractivity contribution in [3.05, 3.63) is 38.9 Å². The summed E-state index contributed by atoms with van der Waals surface area (Å²) in [6.07, 6.45) is 0. The molecule has 0 spiro atoms. The van der Waals surface area contributed by atoms with Crippen molar-refractivity contribution in [2.75, 3.05) is 0 Å². The van der Waals surface area contributed by atoms with Gasteiger partial charge in [-0.2, -0.15) is 0 Å². The van der Waals surface area contributed by atoms with Crippen LogP contribution >= 0.6 is 0 Å². The molecular formula is C7H6BF4N3O2. The van der Waals surface area contributed by atoms with Gasteiger partial charge >= 0.3 is 13.2 Å². The third-order valence-corrected chi connectivity index (χ3v) is 1.49. The van der Waals surface area contributed by atoms with Crippen LogP contribution in [0.5, 0.6) is 0 Å². The van der Waals surface area contributed by atoms with Crippen molar-refractivity contribution in [3.63, 3.8) is 0 Å². The number of aryl methyl sites for hydroxylation is 1. The highest BCUT2D eigenvalue weighted by Gasteiger charge is 2.14. The van der Waals surface area contributed by atoms with Gasteiger partial charge in [0.15, 0.2) is 4.98 Å². The van der Waals surface area contributed by atoms with Crippen molar-refractivity contribution in [2.45, 2.75) is 6.92 Å². The molecule has 0 unspecified atom stereocenters. The summed E-state index contributed by atoms with van der Waals surface area (Å²) in [6, 6.07) is 4.13. The van der Waals surface area contributed by atoms with E-state index in [4.69, 9.17) is 5.39 Å². The molecule has 0 aliphatic carbocycles. The summed E-state index contributed by atoms with van der Waals surface area (Å²) in [4.78, 5) is 12.8. The van der Waals surface area contributed by atoms with Crippen molar-refractivity contribution in [2.24, 2.45) is 0 Å². The second kappa shape index (κ2) is 8.03. The molecule has 1 rings (SSSR count). The maximum absolute atomic E-state index is 10.3. The summed E-state index contributed by atoms with van der Waals surface area (Å²) >= 11 is 0. The standard InChI is InChI=1S/C7H6N3O2.BF3.FH/c1-5-4-6(9-8)2-3-7(5)10(11)12;2-1(3)4;/h2-4H,1H3;;1H/q+1;;/p-1. The molecule has 0 aliphatic rings. The van der Waals surface area contributed by atoms with Crippen molar-refractivity contribution >= 4 is 18.9 Å². The lowest BCUT2D eigenvalue weighted by molar-refractivity contribution is -0.385. The van der Waals surface area contributed by atoms with Crippen LogP contribution in [0.2, 0.25) is 0 Å². The van der Waals surface area contributed by atoms with E-state index in [1.165, 1.54) is 18.2 Å². The third-order valence-electron chi connectivity index (χ3n) is 1.49. The number of halogens is 4. The number of nitro groups is 1. The largest absolute Gasteiger partial charge is 1.00 e. The second-order valence-electron chi connectivity index (χ2n) is 2.58. The average Bonchev–Trinajstić information content (AvgIpc) is 2.16. The van der Waals surface area contributed by atoms with E-state index < -0.39 is 12.5 Å². The molecule has 10 heteroatoms. The number of nitrogens with zero attached hydrogens (tertiary/aromatic N) is 3. The van der Waals surface area contributed by atoms with Gasteiger partial charge in [-0.05, 0) is 6.92 Å². The number of diazo groups is 1. The fraction of sp³-hybridized carbons (Fsp3) is 0.143. The minimum absolute atomic E-state index is 0. The van der Waals surface area contributed by atoms with Crippen molar-refractivity contribution in [3.8, 4) is 0 Å². The van der Waals surface area contributed by atoms with E-state index in [0.717, 1.165) is 0 Å². The van der Waals surface area contributed by atoms with Crippen molar-refractivity contribution in [1.82, 2.24) is 0 Å². The molecule has 0 N–H and O–H groups in total. The lowest BCUT2D eigenvalue weighted by atomic mass is 10.2. The van der Waals surface area contributed by atoms with Crippen LogP contribution in [-0.4, -0.2) is 12.5 Å². The summed E-state index contributed by atoms with van der Waals surface area (Å²) in [6.45, 7) is 1.59. The fourth-order valence-electron chi connectivity index (χ4n) is 0.907. The Balaban J connectivity index is 0. The molecule has 0 amide bonds.